The molecule has 12 nitrogen and oxygen atoms in total. The van der Waals surface area contributed by atoms with Crippen LogP contribution in [0.1, 0.15) is 47.1 Å². The van der Waals surface area contributed by atoms with E-state index in [1.807, 2.05) is 35.2 Å². The lowest BCUT2D eigenvalue weighted by molar-refractivity contribution is -0.384. The minimum Gasteiger partial charge on any atom is -0.445 e. The molecule has 0 radical (unpaired) electrons. The first kappa shape index (κ1) is 30.2. The van der Waals surface area contributed by atoms with Crippen LogP contribution in [0.25, 0.3) is 0 Å². The fourth-order valence-electron chi connectivity index (χ4n) is 3.89. The lowest BCUT2D eigenvalue weighted by atomic mass is 10.1. The summed E-state index contributed by atoms with van der Waals surface area (Å²) in [5.74, 6) is 0. The van der Waals surface area contributed by atoms with E-state index in [1.54, 1.807) is 46.4 Å². The number of hydrogen-bond acceptors (Lipinski definition) is 9. The van der Waals surface area contributed by atoms with Crippen LogP contribution in [0.3, 0.4) is 0 Å². The number of piperazine rings is 1. The highest BCUT2D eigenvalue weighted by atomic mass is 16.6. The van der Waals surface area contributed by atoms with E-state index in [0.29, 0.717) is 36.8 Å². The van der Waals surface area contributed by atoms with Gasteiger partial charge in [-0.25, -0.2) is 14.4 Å². The molecule has 2 aromatic carbocycles. The number of rotatable bonds is 5. The maximum absolute atomic E-state index is 13.1. The lowest BCUT2D eigenvalue weighted by Gasteiger charge is -2.36. The molecule has 3 amide bonds. The Morgan fingerprint density at radius 1 is 0.875 bits per heavy atom. The fourth-order valence-corrected chi connectivity index (χ4v) is 3.89. The summed E-state index contributed by atoms with van der Waals surface area (Å²) in [5, 5.41) is 11.9. The van der Waals surface area contributed by atoms with Gasteiger partial charge in [0, 0.05) is 37.9 Å². The second-order valence-corrected chi connectivity index (χ2v) is 11.2. The van der Waals surface area contributed by atoms with Gasteiger partial charge in [0.05, 0.1) is 4.92 Å². The Morgan fingerprint density at radius 2 is 1.43 bits per heavy atom. The summed E-state index contributed by atoms with van der Waals surface area (Å²) >= 11 is 0. The summed E-state index contributed by atoms with van der Waals surface area (Å²) in [6.07, 6.45) is -2.64. The molecule has 0 aliphatic carbocycles. The maximum atomic E-state index is 13.1. The summed E-state index contributed by atoms with van der Waals surface area (Å²) in [7, 11) is 0. The minimum atomic E-state index is -1.10. The van der Waals surface area contributed by atoms with Crippen LogP contribution in [0, 0.1) is 10.1 Å². The van der Waals surface area contributed by atoms with Crippen molar-refractivity contribution in [2.45, 2.75) is 59.4 Å². The van der Waals surface area contributed by atoms with Gasteiger partial charge >= 0.3 is 18.3 Å². The number of carbonyl (C=O) groups excluding carboxylic acids is 3. The average molecular weight is 557 g/mol. The van der Waals surface area contributed by atoms with E-state index in [4.69, 9.17) is 14.2 Å². The van der Waals surface area contributed by atoms with Crippen molar-refractivity contribution in [1.29, 1.82) is 0 Å². The number of hydrogen-bond donors (Lipinski definition) is 0. The quantitative estimate of drug-likeness (QED) is 0.257. The molecule has 2 aromatic rings. The lowest BCUT2D eigenvalue weighted by Crippen LogP contribution is -2.49. The van der Waals surface area contributed by atoms with Gasteiger partial charge in [0.1, 0.15) is 23.5 Å². The molecule has 216 valence electrons. The zero-order valence-corrected chi connectivity index (χ0v) is 23.7. The van der Waals surface area contributed by atoms with E-state index in [9.17, 15) is 24.5 Å². The molecule has 1 heterocycles. The Hall–Kier alpha value is -4.35. The number of anilines is 2. The third-order valence-electron chi connectivity index (χ3n) is 5.66. The van der Waals surface area contributed by atoms with Gasteiger partial charge in [0.2, 0.25) is 0 Å². The van der Waals surface area contributed by atoms with Crippen LogP contribution >= 0.6 is 0 Å². The van der Waals surface area contributed by atoms with Crippen molar-refractivity contribution in [3.8, 4) is 0 Å². The highest BCUT2D eigenvalue weighted by Crippen LogP contribution is 2.35. The van der Waals surface area contributed by atoms with Crippen LogP contribution in [0.4, 0.5) is 31.4 Å². The molecule has 0 N–H and O–H groups in total. The predicted molar refractivity (Wildman–Crippen MR) is 148 cm³/mol. The van der Waals surface area contributed by atoms with E-state index in [0.717, 1.165) is 5.56 Å². The number of nitrogens with zero attached hydrogens (tertiary/aromatic N) is 4. The first-order valence-corrected chi connectivity index (χ1v) is 12.9. The molecule has 40 heavy (non-hydrogen) atoms. The number of nitro benzene ring substituents is 1. The van der Waals surface area contributed by atoms with Gasteiger partial charge in [-0.1, -0.05) is 30.3 Å². The third-order valence-corrected chi connectivity index (χ3v) is 5.66. The zero-order valence-electron chi connectivity index (χ0n) is 23.7. The standard InChI is InChI=1S/C28H36N4O8/c1-27(2,3)39-25(34)31(26(35)40-28(4,5)6)23-18-21(12-13-22(23)32(36)37)29-14-16-30(17-15-29)24(33)38-19-20-10-8-7-9-11-20/h7-13,18H,14-17,19H2,1-6H3. The van der Waals surface area contributed by atoms with Crippen LogP contribution in [0.2, 0.25) is 0 Å². The SMILES string of the molecule is CC(C)(C)OC(=O)N(C(=O)OC(C)(C)C)c1cc(N2CCN(C(=O)OCc3ccccc3)CC2)ccc1[N+](=O)[O-]. The monoisotopic (exact) mass is 556 g/mol. The van der Waals surface area contributed by atoms with Crippen LogP contribution in [0.5, 0.6) is 0 Å². The van der Waals surface area contributed by atoms with Crippen LogP contribution in [-0.4, -0.2) is 65.5 Å². The summed E-state index contributed by atoms with van der Waals surface area (Å²) < 4.78 is 16.2. The number of carbonyl (C=O) groups is 3. The van der Waals surface area contributed by atoms with E-state index < -0.39 is 40.1 Å². The van der Waals surface area contributed by atoms with Gasteiger partial charge in [0.15, 0.2) is 0 Å². The number of ether oxygens (including phenoxy) is 3. The molecule has 0 spiro atoms. The Kier molecular flexibility index (Phi) is 9.23. The van der Waals surface area contributed by atoms with Gasteiger partial charge in [-0.05, 0) is 59.2 Å². The van der Waals surface area contributed by atoms with E-state index in [2.05, 4.69) is 0 Å². The van der Waals surface area contributed by atoms with Crippen LogP contribution in [-0.2, 0) is 20.8 Å². The molecule has 1 aliphatic rings. The molecule has 0 saturated carbocycles. The van der Waals surface area contributed by atoms with E-state index in [-0.39, 0.29) is 12.3 Å². The molecule has 1 saturated heterocycles. The van der Waals surface area contributed by atoms with Gasteiger partial charge < -0.3 is 24.0 Å². The second kappa shape index (κ2) is 12.2. The summed E-state index contributed by atoms with van der Waals surface area (Å²) in [4.78, 5) is 54.1. The van der Waals surface area contributed by atoms with Crippen molar-refractivity contribution < 1.29 is 33.5 Å². The molecule has 0 aromatic heterocycles. The molecule has 12 heteroatoms. The van der Waals surface area contributed by atoms with Crippen molar-refractivity contribution in [3.05, 3.63) is 64.2 Å². The van der Waals surface area contributed by atoms with Crippen molar-refractivity contribution >= 4 is 35.3 Å². The Labute approximate surface area is 233 Å². The molecule has 1 fully saturated rings. The minimum absolute atomic E-state index is 0.163. The zero-order chi connectivity index (χ0) is 29.7. The topological polar surface area (TPSA) is 132 Å². The average Bonchev–Trinajstić information content (AvgIpc) is 2.86. The first-order chi connectivity index (χ1) is 18.6. The van der Waals surface area contributed by atoms with Gasteiger partial charge in [-0.2, -0.15) is 4.90 Å². The number of imide groups is 1. The summed E-state index contributed by atoms with van der Waals surface area (Å²) in [5.41, 5.74) is -1.30. The fraction of sp³-hybridized carbons (Fsp3) is 0.464. The van der Waals surface area contributed by atoms with E-state index >= 15 is 0 Å². The van der Waals surface area contributed by atoms with Crippen molar-refractivity contribution in [2.75, 3.05) is 36.0 Å². The Morgan fingerprint density at radius 3 is 1.93 bits per heavy atom. The third kappa shape index (κ3) is 8.32. The first-order valence-electron chi connectivity index (χ1n) is 12.9. The number of benzene rings is 2. The normalized spacial score (nSPS) is 13.8. The smallest absolute Gasteiger partial charge is 0.424 e. The van der Waals surface area contributed by atoms with Gasteiger partial charge in [0.25, 0.3) is 5.69 Å². The molecule has 3 rings (SSSR count). The van der Waals surface area contributed by atoms with Gasteiger partial charge in [-0.3, -0.25) is 10.1 Å². The van der Waals surface area contributed by atoms with Crippen molar-refractivity contribution in [2.24, 2.45) is 0 Å². The Balaban J connectivity index is 1.82. The van der Waals surface area contributed by atoms with Crippen LogP contribution < -0.4 is 9.80 Å². The summed E-state index contributed by atoms with van der Waals surface area (Å²) in [6.45, 7) is 11.4. The maximum Gasteiger partial charge on any atom is 0.424 e. The van der Waals surface area contributed by atoms with Crippen molar-refractivity contribution in [3.63, 3.8) is 0 Å². The van der Waals surface area contributed by atoms with Crippen molar-refractivity contribution in [1.82, 2.24) is 4.90 Å². The predicted octanol–water partition coefficient (Wildman–Crippen LogP) is 5.73. The highest BCUT2D eigenvalue weighted by Gasteiger charge is 2.37. The number of amides is 3. The Bertz CT molecular complexity index is 1200. The van der Waals surface area contributed by atoms with E-state index in [1.165, 1.54) is 18.2 Å². The molecule has 0 unspecified atom stereocenters. The second-order valence-electron chi connectivity index (χ2n) is 11.2. The molecule has 1 aliphatic heterocycles. The molecule has 0 atom stereocenters. The molecular formula is C28H36N4O8. The van der Waals surface area contributed by atoms with Gasteiger partial charge in [-0.15, -0.1) is 0 Å². The molecular weight excluding hydrogens is 520 g/mol. The van der Waals surface area contributed by atoms with Crippen LogP contribution in [0.15, 0.2) is 48.5 Å². The molecule has 0 bridgehead atoms. The largest absolute Gasteiger partial charge is 0.445 e. The summed E-state index contributed by atoms with van der Waals surface area (Å²) in [6, 6.07) is 13.5. The number of nitro groups is 1. The highest BCUT2D eigenvalue weighted by molar-refractivity contribution is 6.11.